The highest BCUT2D eigenvalue weighted by atomic mass is 35.5. The number of hydrogen-bond donors (Lipinski definition) is 1. The van der Waals surface area contributed by atoms with E-state index < -0.39 is 0 Å². The van der Waals surface area contributed by atoms with Gasteiger partial charge in [-0.2, -0.15) is 0 Å². The Balaban J connectivity index is 1.96. The molecule has 0 aliphatic carbocycles. The van der Waals surface area contributed by atoms with Crippen LogP contribution in [0.2, 0.25) is 5.02 Å². The van der Waals surface area contributed by atoms with E-state index in [4.69, 9.17) is 11.6 Å². The van der Waals surface area contributed by atoms with Crippen LogP contribution >= 0.6 is 11.6 Å². The molecule has 1 saturated heterocycles. The molecule has 1 aromatic carbocycles. The number of benzene rings is 1. The van der Waals surface area contributed by atoms with Crippen LogP contribution in [-0.4, -0.2) is 29.9 Å². The largest absolute Gasteiger partial charge is 0.341 e. The van der Waals surface area contributed by atoms with E-state index in [0.717, 1.165) is 36.5 Å². The standard InChI is InChI=1S/C15H21ClN2O/c1-11(13-7-3-4-8-14(13)16)17-12(2)15(19)18-9-5-6-10-18/h3-4,7-8,11-12,17H,5-6,9-10H2,1-2H3/t11-,12?/m1/s1. The van der Waals surface area contributed by atoms with Gasteiger partial charge in [0.25, 0.3) is 0 Å². The van der Waals surface area contributed by atoms with Gasteiger partial charge < -0.3 is 4.90 Å². The zero-order valence-electron chi connectivity index (χ0n) is 11.5. The van der Waals surface area contributed by atoms with E-state index in [1.165, 1.54) is 0 Å². The van der Waals surface area contributed by atoms with Gasteiger partial charge in [-0.15, -0.1) is 0 Å². The van der Waals surface area contributed by atoms with Crippen molar-refractivity contribution in [3.05, 3.63) is 34.9 Å². The highest BCUT2D eigenvalue weighted by Crippen LogP contribution is 2.22. The second-order valence-electron chi connectivity index (χ2n) is 5.16. The van der Waals surface area contributed by atoms with E-state index in [1.807, 2.05) is 43.0 Å². The molecule has 1 aromatic rings. The minimum atomic E-state index is -0.177. The normalized spacial score (nSPS) is 18.4. The van der Waals surface area contributed by atoms with Crippen LogP contribution in [0, 0.1) is 0 Å². The first-order chi connectivity index (χ1) is 9.09. The third kappa shape index (κ3) is 3.48. The Morgan fingerprint density at radius 3 is 2.53 bits per heavy atom. The number of carbonyl (C=O) groups excluding carboxylic acids is 1. The Labute approximate surface area is 119 Å². The van der Waals surface area contributed by atoms with Crippen molar-refractivity contribution >= 4 is 17.5 Å². The molecule has 4 heteroatoms. The summed E-state index contributed by atoms with van der Waals surface area (Å²) in [6.07, 6.45) is 2.25. The van der Waals surface area contributed by atoms with Crippen LogP contribution in [0.3, 0.4) is 0 Å². The molecule has 1 fully saturated rings. The van der Waals surface area contributed by atoms with Crippen molar-refractivity contribution in [3.63, 3.8) is 0 Å². The fourth-order valence-corrected chi connectivity index (χ4v) is 2.87. The summed E-state index contributed by atoms with van der Waals surface area (Å²) in [5, 5.41) is 4.08. The zero-order valence-corrected chi connectivity index (χ0v) is 12.3. The number of nitrogens with one attached hydrogen (secondary N) is 1. The van der Waals surface area contributed by atoms with E-state index in [0.29, 0.717) is 0 Å². The quantitative estimate of drug-likeness (QED) is 0.920. The van der Waals surface area contributed by atoms with E-state index in [2.05, 4.69) is 5.32 Å². The lowest BCUT2D eigenvalue weighted by molar-refractivity contribution is -0.132. The van der Waals surface area contributed by atoms with Gasteiger partial charge in [-0.3, -0.25) is 10.1 Å². The van der Waals surface area contributed by atoms with Crippen molar-refractivity contribution < 1.29 is 4.79 Å². The summed E-state index contributed by atoms with van der Waals surface area (Å²) in [6.45, 7) is 5.75. The summed E-state index contributed by atoms with van der Waals surface area (Å²) >= 11 is 6.17. The van der Waals surface area contributed by atoms with Gasteiger partial charge in [-0.05, 0) is 38.3 Å². The lowest BCUT2D eigenvalue weighted by Gasteiger charge is -2.24. The van der Waals surface area contributed by atoms with E-state index >= 15 is 0 Å². The van der Waals surface area contributed by atoms with Crippen molar-refractivity contribution in [2.45, 2.75) is 38.8 Å². The van der Waals surface area contributed by atoms with E-state index in [-0.39, 0.29) is 18.0 Å². The Kier molecular flexibility index (Phi) is 4.83. The summed E-state index contributed by atoms with van der Waals surface area (Å²) < 4.78 is 0. The average molecular weight is 281 g/mol. The van der Waals surface area contributed by atoms with Crippen LogP contribution < -0.4 is 5.32 Å². The molecule has 1 aliphatic rings. The van der Waals surface area contributed by atoms with Crippen LogP contribution in [0.4, 0.5) is 0 Å². The van der Waals surface area contributed by atoms with Crippen molar-refractivity contribution in [3.8, 4) is 0 Å². The molecule has 0 spiro atoms. The molecule has 1 amide bonds. The number of nitrogens with zero attached hydrogens (tertiary/aromatic N) is 1. The van der Waals surface area contributed by atoms with Gasteiger partial charge in [0, 0.05) is 24.2 Å². The lowest BCUT2D eigenvalue weighted by atomic mass is 10.1. The third-order valence-electron chi connectivity index (χ3n) is 3.66. The van der Waals surface area contributed by atoms with Crippen LogP contribution in [0.15, 0.2) is 24.3 Å². The monoisotopic (exact) mass is 280 g/mol. The molecule has 2 atom stereocenters. The molecule has 0 radical (unpaired) electrons. The highest BCUT2D eigenvalue weighted by molar-refractivity contribution is 6.31. The summed E-state index contributed by atoms with van der Waals surface area (Å²) in [5.41, 5.74) is 1.03. The number of amides is 1. The van der Waals surface area contributed by atoms with Gasteiger partial charge in [0.15, 0.2) is 0 Å². The molecule has 3 nitrogen and oxygen atoms in total. The lowest BCUT2D eigenvalue weighted by Crippen LogP contribution is -2.44. The van der Waals surface area contributed by atoms with Crippen LogP contribution in [-0.2, 0) is 4.79 Å². The molecule has 1 aliphatic heterocycles. The summed E-state index contributed by atoms with van der Waals surface area (Å²) in [5.74, 6) is 0.191. The Morgan fingerprint density at radius 1 is 1.26 bits per heavy atom. The smallest absolute Gasteiger partial charge is 0.239 e. The van der Waals surface area contributed by atoms with Gasteiger partial charge in [0.2, 0.25) is 5.91 Å². The summed E-state index contributed by atoms with van der Waals surface area (Å²) in [4.78, 5) is 14.2. The number of halogens is 1. The maximum Gasteiger partial charge on any atom is 0.239 e. The van der Waals surface area contributed by atoms with Crippen molar-refractivity contribution in [1.29, 1.82) is 0 Å². The minimum absolute atomic E-state index is 0.0650. The fraction of sp³-hybridized carbons (Fsp3) is 0.533. The van der Waals surface area contributed by atoms with E-state index in [1.54, 1.807) is 0 Å². The second kappa shape index (κ2) is 6.40. The fourth-order valence-electron chi connectivity index (χ4n) is 2.57. The van der Waals surface area contributed by atoms with Gasteiger partial charge >= 0.3 is 0 Å². The SMILES string of the molecule is CC(N[C@H](C)c1ccccc1Cl)C(=O)N1CCCC1. The topological polar surface area (TPSA) is 32.3 Å². The molecule has 0 aromatic heterocycles. The van der Waals surface area contributed by atoms with Crippen LogP contribution in [0.25, 0.3) is 0 Å². The highest BCUT2D eigenvalue weighted by Gasteiger charge is 2.24. The molecule has 0 bridgehead atoms. The maximum absolute atomic E-state index is 12.2. The van der Waals surface area contributed by atoms with Gasteiger partial charge in [0.1, 0.15) is 0 Å². The zero-order chi connectivity index (χ0) is 13.8. The van der Waals surface area contributed by atoms with Gasteiger partial charge in [-0.1, -0.05) is 29.8 Å². The number of hydrogen-bond acceptors (Lipinski definition) is 2. The molecular weight excluding hydrogens is 260 g/mol. The molecule has 1 unspecified atom stereocenters. The maximum atomic E-state index is 12.2. The van der Waals surface area contributed by atoms with Gasteiger partial charge in [0.05, 0.1) is 6.04 Å². The number of rotatable bonds is 4. The molecule has 1 heterocycles. The third-order valence-corrected chi connectivity index (χ3v) is 4.00. The summed E-state index contributed by atoms with van der Waals surface area (Å²) in [7, 11) is 0. The van der Waals surface area contributed by atoms with Crippen molar-refractivity contribution in [2.75, 3.05) is 13.1 Å². The summed E-state index contributed by atoms with van der Waals surface area (Å²) in [6, 6.07) is 7.64. The van der Waals surface area contributed by atoms with Gasteiger partial charge in [-0.25, -0.2) is 0 Å². The second-order valence-corrected chi connectivity index (χ2v) is 5.57. The van der Waals surface area contributed by atoms with Crippen molar-refractivity contribution in [1.82, 2.24) is 10.2 Å². The predicted molar refractivity (Wildman–Crippen MR) is 78.3 cm³/mol. The molecule has 104 valence electrons. The van der Waals surface area contributed by atoms with Crippen molar-refractivity contribution in [2.24, 2.45) is 0 Å². The number of likely N-dealkylation sites (tertiary alicyclic amines) is 1. The number of carbonyl (C=O) groups is 1. The molecule has 1 N–H and O–H groups in total. The molecule has 2 rings (SSSR count). The first-order valence-electron chi connectivity index (χ1n) is 6.89. The first-order valence-corrected chi connectivity index (χ1v) is 7.26. The predicted octanol–water partition coefficient (Wildman–Crippen LogP) is 3.00. The average Bonchev–Trinajstić information content (AvgIpc) is 2.92. The molecular formula is C15H21ClN2O. The Hall–Kier alpha value is -1.06. The molecule has 0 saturated carbocycles. The Bertz CT molecular complexity index is 444. The van der Waals surface area contributed by atoms with Crippen LogP contribution in [0.5, 0.6) is 0 Å². The van der Waals surface area contributed by atoms with Crippen LogP contribution in [0.1, 0.15) is 38.3 Å². The Morgan fingerprint density at radius 2 is 1.89 bits per heavy atom. The first kappa shape index (κ1) is 14.4. The van der Waals surface area contributed by atoms with E-state index in [9.17, 15) is 4.79 Å². The minimum Gasteiger partial charge on any atom is -0.341 e. The molecule has 19 heavy (non-hydrogen) atoms.